The van der Waals surface area contributed by atoms with Crippen molar-refractivity contribution in [2.75, 3.05) is 0 Å². The fourth-order valence-electron chi connectivity index (χ4n) is 2.21. The van der Waals surface area contributed by atoms with Crippen molar-refractivity contribution in [1.29, 1.82) is 0 Å². The van der Waals surface area contributed by atoms with Crippen molar-refractivity contribution in [2.24, 2.45) is 0 Å². The second-order valence-corrected chi connectivity index (χ2v) is 6.20. The molecule has 0 aliphatic carbocycles. The highest BCUT2D eigenvalue weighted by Gasteiger charge is 2.12. The van der Waals surface area contributed by atoms with E-state index in [9.17, 15) is 4.79 Å². The highest BCUT2D eigenvalue weighted by molar-refractivity contribution is 7.13. The van der Waals surface area contributed by atoms with E-state index in [1.807, 2.05) is 17.5 Å². The molecular weight excluding hydrogens is 336 g/mol. The molecule has 4 aromatic rings. The van der Waals surface area contributed by atoms with Crippen LogP contribution in [-0.4, -0.2) is 19.7 Å². The van der Waals surface area contributed by atoms with Gasteiger partial charge < -0.3 is 4.42 Å². The predicted molar refractivity (Wildman–Crippen MR) is 87.7 cm³/mol. The first kappa shape index (κ1) is 14.1. The quantitative estimate of drug-likeness (QED) is 0.570. The first-order valence-electron chi connectivity index (χ1n) is 6.72. The fraction of sp³-hybridized carbons (Fsp3) is 0.0667. The van der Waals surface area contributed by atoms with E-state index in [1.165, 1.54) is 22.2 Å². The molecule has 3 aromatic heterocycles. The molecule has 0 atom stereocenters. The van der Waals surface area contributed by atoms with E-state index in [0.29, 0.717) is 27.7 Å². The van der Waals surface area contributed by atoms with Crippen molar-refractivity contribution in [3.8, 4) is 10.8 Å². The Morgan fingerprint density at radius 1 is 1.26 bits per heavy atom. The van der Waals surface area contributed by atoms with E-state index in [4.69, 9.17) is 16.0 Å². The van der Waals surface area contributed by atoms with E-state index < -0.39 is 0 Å². The second kappa shape index (κ2) is 5.60. The summed E-state index contributed by atoms with van der Waals surface area (Å²) in [5.74, 6) is 0.790. The molecule has 3 heterocycles. The topological polar surface area (TPSA) is 73.8 Å². The lowest BCUT2D eigenvalue weighted by Gasteiger charge is -2.03. The SMILES string of the molecule is O=c1c2cc(Cl)ccc2ncn1Cc1nnc(-c2cccs2)o1. The van der Waals surface area contributed by atoms with Gasteiger partial charge in [-0.05, 0) is 29.6 Å². The largest absolute Gasteiger partial charge is 0.418 e. The molecule has 0 saturated carbocycles. The van der Waals surface area contributed by atoms with Gasteiger partial charge in [-0.3, -0.25) is 9.36 Å². The minimum absolute atomic E-state index is 0.159. The van der Waals surface area contributed by atoms with Crippen LogP contribution in [0.25, 0.3) is 21.7 Å². The third-order valence-corrected chi connectivity index (χ3v) is 4.38. The van der Waals surface area contributed by atoms with Crippen molar-refractivity contribution in [3.63, 3.8) is 0 Å². The monoisotopic (exact) mass is 344 g/mol. The van der Waals surface area contributed by atoms with Crippen LogP contribution in [0.3, 0.4) is 0 Å². The molecule has 0 saturated heterocycles. The third kappa shape index (κ3) is 2.64. The first-order chi connectivity index (χ1) is 11.2. The van der Waals surface area contributed by atoms with E-state index in [-0.39, 0.29) is 12.1 Å². The first-order valence-corrected chi connectivity index (χ1v) is 7.97. The van der Waals surface area contributed by atoms with Crippen molar-refractivity contribution in [3.05, 3.63) is 63.3 Å². The number of aromatic nitrogens is 4. The van der Waals surface area contributed by atoms with Gasteiger partial charge in [-0.25, -0.2) is 4.98 Å². The lowest BCUT2D eigenvalue weighted by Crippen LogP contribution is -2.21. The van der Waals surface area contributed by atoms with Crippen LogP contribution in [0.15, 0.2) is 51.3 Å². The summed E-state index contributed by atoms with van der Waals surface area (Å²) in [5, 5.41) is 10.9. The Balaban J connectivity index is 1.70. The molecule has 0 unspecified atom stereocenters. The van der Waals surface area contributed by atoms with Crippen LogP contribution in [0, 0.1) is 0 Å². The summed E-state index contributed by atoms with van der Waals surface area (Å²) in [6.07, 6.45) is 1.47. The van der Waals surface area contributed by atoms with Gasteiger partial charge in [0.1, 0.15) is 6.54 Å². The van der Waals surface area contributed by atoms with Crippen LogP contribution in [-0.2, 0) is 6.54 Å². The summed E-state index contributed by atoms with van der Waals surface area (Å²) in [4.78, 5) is 17.6. The van der Waals surface area contributed by atoms with Crippen LogP contribution in [0.1, 0.15) is 5.89 Å². The predicted octanol–water partition coefficient (Wildman–Crippen LogP) is 3.21. The maximum absolute atomic E-state index is 12.5. The van der Waals surface area contributed by atoms with E-state index >= 15 is 0 Å². The smallest absolute Gasteiger partial charge is 0.261 e. The van der Waals surface area contributed by atoms with Gasteiger partial charge in [-0.15, -0.1) is 21.5 Å². The van der Waals surface area contributed by atoms with Crippen LogP contribution in [0.5, 0.6) is 0 Å². The maximum Gasteiger partial charge on any atom is 0.261 e. The minimum atomic E-state index is -0.201. The standard InChI is InChI=1S/C15H9ClN4O2S/c16-9-3-4-11-10(6-9)15(21)20(8-17-11)7-13-18-19-14(22-13)12-2-1-5-23-12/h1-6,8H,7H2. The zero-order chi connectivity index (χ0) is 15.8. The molecule has 0 aliphatic heterocycles. The summed E-state index contributed by atoms with van der Waals surface area (Å²) < 4.78 is 7.02. The normalized spacial score (nSPS) is 11.2. The van der Waals surface area contributed by atoms with Gasteiger partial charge in [0, 0.05) is 5.02 Å². The van der Waals surface area contributed by atoms with Crippen molar-refractivity contribution in [2.45, 2.75) is 6.54 Å². The average molecular weight is 345 g/mol. The zero-order valence-electron chi connectivity index (χ0n) is 11.6. The highest BCUT2D eigenvalue weighted by atomic mass is 35.5. The number of hydrogen-bond donors (Lipinski definition) is 0. The zero-order valence-corrected chi connectivity index (χ0v) is 13.2. The van der Waals surface area contributed by atoms with Crippen molar-refractivity contribution < 1.29 is 4.42 Å². The lowest BCUT2D eigenvalue weighted by atomic mass is 10.2. The van der Waals surface area contributed by atoms with Gasteiger partial charge >= 0.3 is 0 Å². The summed E-state index contributed by atoms with van der Waals surface area (Å²) in [5.41, 5.74) is 0.397. The maximum atomic E-state index is 12.5. The molecule has 6 nitrogen and oxygen atoms in total. The molecule has 0 aliphatic rings. The van der Waals surface area contributed by atoms with Gasteiger partial charge in [0.05, 0.1) is 22.1 Å². The van der Waals surface area contributed by atoms with E-state index in [0.717, 1.165) is 4.88 Å². The number of halogens is 1. The lowest BCUT2D eigenvalue weighted by molar-refractivity contribution is 0.484. The Hall–Kier alpha value is -2.51. The molecule has 0 spiro atoms. The van der Waals surface area contributed by atoms with Gasteiger partial charge in [-0.2, -0.15) is 0 Å². The molecule has 0 bridgehead atoms. The molecule has 8 heteroatoms. The molecule has 1 aromatic carbocycles. The van der Waals surface area contributed by atoms with E-state index in [2.05, 4.69) is 15.2 Å². The molecule has 114 valence electrons. The number of benzene rings is 1. The Morgan fingerprint density at radius 3 is 3.00 bits per heavy atom. The van der Waals surface area contributed by atoms with Crippen molar-refractivity contribution in [1.82, 2.24) is 19.7 Å². The van der Waals surface area contributed by atoms with Crippen LogP contribution < -0.4 is 5.56 Å². The Bertz CT molecular complexity index is 1040. The van der Waals surface area contributed by atoms with Crippen LogP contribution in [0.4, 0.5) is 0 Å². The summed E-state index contributed by atoms with van der Waals surface area (Å²) in [6, 6.07) is 8.82. The molecule has 0 fully saturated rings. The Labute approximate surface area is 139 Å². The number of fused-ring (bicyclic) bond motifs is 1. The molecule has 0 N–H and O–H groups in total. The summed E-state index contributed by atoms with van der Waals surface area (Å²) in [6.45, 7) is 0.159. The van der Waals surface area contributed by atoms with Gasteiger partial charge in [-0.1, -0.05) is 17.7 Å². The van der Waals surface area contributed by atoms with Crippen LogP contribution >= 0.6 is 22.9 Å². The number of rotatable bonds is 3. The van der Waals surface area contributed by atoms with Crippen LogP contribution in [0.2, 0.25) is 5.02 Å². The van der Waals surface area contributed by atoms with Gasteiger partial charge in [0.2, 0.25) is 5.89 Å². The van der Waals surface area contributed by atoms with Gasteiger partial charge in [0.25, 0.3) is 11.4 Å². The number of hydrogen-bond acceptors (Lipinski definition) is 6. The number of nitrogens with zero attached hydrogens (tertiary/aromatic N) is 4. The highest BCUT2D eigenvalue weighted by Crippen LogP contribution is 2.23. The average Bonchev–Trinajstić information content (AvgIpc) is 3.22. The molecular formula is C15H9ClN4O2S. The van der Waals surface area contributed by atoms with Gasteiger partial charge in [0.15, 0.2) is 0 Å². The summed E-state index contributed by atoms with van der Waals surface area (Å²) >= 11 is 7.46. The third-order valence-electron chi connectivity index (χ3n) is 3.29. The Kier molecular flexibility index (Phi) is 3.44. The summed E-state index contributed by atoms with van der Waals surface area (Å²) in [7, 11) is 0. The molecule has 4 rings (SSSR count). The second-order valence-electron chi connectivity index (χ2n) is 4.82. The van der Waals surface area contributed by atoms with Crippen molar-refractivity contribution >= 4 is 33.8 Å². The fourth-order valence-corrected chi connectivity index (χ4v) is 3.02. The minimum Gasteiger partial charge on any atom is -0.418 e. The molecule has 0 amide bonds. The van der Waals surface area contributed by atoms with E-state index in [1.54, 1.807) is 18.2 Å². The molecule has 23 heavy (non-hydrogen) atoms. The Morgan fingerprint density at radius 2 is 2.17 bits per heavy atom. The number of thiophene rings is 1. The molecule has 0 radical (unpaired) electrons.